The van der Waals surface area contributed by atoms with E-state index in [4.69, 9.17) is 17.3 Å². The van der Waals surface area contributed by atoms with Crippen molar-refractivity contribution in [3.63, 3.8) is 0 Å². The molecule has 2 rings (SSSR count). The third kappa shape index (κ3) is 4.59. The van der Waals surface area contributed by atoms with E-state index in [9.17, 15) is 4.79 Å². The summed E-state index contributed by atoms with van der Waals surface area (Å²) in [4.78, 5) is 16.7. The number of halogens is 1. The number of rotatable bonds is 3. The molecule has 1 unspecified atom stereocenters. The van der Waals surface area contributed by atoms with Crippen molar-refractivity contribution in [1.82, 2.24) is 9.80 Å². The van der Waals surface area contributed by atoms with Crippen molar-refractivity contribution in [2.75, 3.05) is 44.3 Å². The average Bonchev–Trinajstić information content (AvgIpc) is 2.56. The summed E-state index contributed by atoms with van der Waals surface area (Å²) in [5, 5.41) is 3.41. The van der Waals surface area contributed by atoms with Crippen molar-refractivity contribution < 1.29 is 4.79 Å². The van der Waals surface area contributed by atoms with Gasteiger partial charge in [0.25, 0.3) is 0 Å². The monoisotopic (exact) mass is 310 g/mol. The van der Waals surface area contributed by atoms with Gasteiger partial charge in [-0.3, -0.25) is 9.69 Å². The number of amides is 1. The molecule has 0 aliphatic carbocycles. The minimum Gasteiger partial charge on any atom is -0.397 e. The van der Waals surface area contributed by atoms with Crippen LogP contribution in [0.3, 0.4) is 0 Å². The number of nitrogens with zero attached hydrogens (tertiary/aromatic N) is 2. The van der Waals surface area contributed by atoms with E-state index in [-0.39, 0.29) is 5.91 Å². The Hall–Kier alpha value is -1.30. The summed E-state index contributed by atoms with van der Waals surface area (Å²) in [6.45, 7) is 5.52. The van der Waals surface area contributed by atoms with Gasteiger partial charge in [0.2, 0.25) is 5.91 Å². The summed E-state index contributed by atoms with van der Waals surface area (Å²) in [7, 11) is 2.12. The lowest BCUT2D eigenvalue weighted by Crippen LogP contribution is -2.42. The molecule has 3 N–H and O–H groups in total. The van der Waals surface area contributed by atoms with E-state index in [0.29, 0.717) is 29.0 Å². The maximum Gasteiger partial charge on any atom is 0.238 e. The fraction of sp³-hybridized carbons (Fsp3) is 0.533. The van der Waals surface area contributed by atoms with Crippen LogP contribution in [-0.4, -0.2) is 55.0 Å². The second-order valence-corrected chi connectivity index (χ2v) is 6.15. The van der Waals surface area contributed by atoms with Crippen LogP contribution in [-0.2, 0) is 4.79 Å². The van der Waals surface area contributed by atoms with E-state index in [2.05, 4.69) is 29.1 Å². The van der Waals surface area contributed by atoms with Crippen LogP contribution in [0.15, 0.2) is 18.2 Å². The molecule has 1 fully saturated rings. The SMILES string of the molecule is CC1CN(C)CCCN1CC(=O)Nc1cc(Cl)ccc1N. The molecular formula is C15H23ClN4O. The highest BCUT2D eigenvalue weighted by Crippen LogP contribution is 2.23. The van der Waals surface area contributed by atoms with Crippen LogP contribution in [0.1, 0.15) is 13.3 Å². The van der Waals surface area contributed by atoms with Gasteiger partial charge in [0.1, 0.15) is 0 Å². The van der Waals surface area contributed by atoms with Crippen LogP contribution in [0.2, 0.25) is 5.02 Å². The van der Waals surface area contributed by atoms with Crippen molar-refractivity contribution in [2.24, 2.45) is 0 Å². The number of likely N-dealkylation sites (N-methyl/N-ethyl adjacent to an activating group) is 1. The Morgan fingerprint density at radius 1 is 1.48 bits per heavy atom. The number of hydrogen-bond acceptors (Lipinski definition) is 4. The first-order valence-electron chi connectivity index (χ1n) is 7.23. The maximum absolute atomic E-state index is 12.2. The van der Waals surface area contributed by atoms with E-state index in [0.717, 1.165) is 26.1 Å². The first kappa shape index (κ1) is 16.1. The Balaban J connectivity index is 1.96. The molecule has 21 heavy (non-hydrogen) atoms. The molecule has 1 saturated heterocycles. The van der Waals surface area contributed by atoms with Crippen LogP contribution in [0.5, 0.6) is 0 Å². The number of anilines is 2. The fourth-order valence-corrected chi connectivity index (χ4v) is 2.84. The molecule has 1 aromatic rings. The Labute approximate surface area is 131 Å². The van der Waals surface area contributed by atoms with Crippen molar-refractivity contribution >= 4 is 28.9 Å². The second-order valence-electron chi connectivity index (χ2n) is 5.72. The second kappa shape index (κ2) is 7.11. The lowest BCUT2D eigenvalue weighted by molar-refractivity contribution is -0.117. The van der Waals surface area contributed by atoms with Gasteiger partial charge in [-0.05, 0) is 45.1 Å². The van der Waals surface area contributed by atoms with Crippen LogP contribution in [0, 0.1) is 0 Å². The molecule has 0 saturated carbocycles. The molecule has 1 heterocycles. The molecule has 1 aliphatic rings. The van der Waals surface area contributed by atoms with Gasteiger partial charge in [-0.2, -0.15) is 0 Å². The smallest absolute Gasteiger partial charge is 0.238 e. The Morgan fingerprint density at radius 3 is 3.00 bits per heavy atom. The van der Waals surface area contributed by atoms with Crippen LogP contribution in [0.4, 0.5) is 11.4 Å². The number of carbonyl (C=O) groups is 1. The molecule has 0 radical (unpaired) electrons. The van der Waals surface area contributed by atoms with Gasteiger partial charge >= 0.3 is 0 Å². The zero-order valence-electron chi connectivity index (χ0n) is 12.6. The lowest BCUT2D eigenvalue weighted by Gasteiger charge is -2.27. The predicted octanol–water partition coefficient (Wildman–Crippen LogP) is 1.89. The molecule has 0 bridgehead atoms. The number of benzene rings is 1. The van der Waals surface area contributed by atoms with Gasteiger partial charge in [0.15, 0.2) is 0 Å². The maximum atomic E-state index is 12.2. The third-order valence-corrected chi connectivity index (χ3v) is 4.06. The lowest BCUT2D eigenvalue weighted by atomic mass is 10.2. The van der Waals surface area contributed by atoms with Gasteiger partial charge in [0, 0.05) is 24.2 Å². The summed E-state index contributed by atoms with van der Waals surface area (Å²) >= 11 is 5.93. The third-order valence-electron chi connectivity index (χ3n) is 3.82. The highest BCUT2D eigenvalue weighted by molar-refractivity contribution is 6.31. The number of nitrogens with two attached hydrogens (primary N) is 1. The quantitative estimate of drug-likeness (QED) is 0.837. The van der Waals surface area contributed by atoms with Gasteiger partial charge < -0.3 is 16.0 Å². The zero-order chi connectivity index (χ0) is 15.4. The predicted molar refractivity (Wildman–Crippen MR) is 87.6 cm³/mol. The van der Waals surface area contributed by atoms with Gasteiger partial charge in [-0.1, -0.05) is 11.6 Å². The van der Waals surface area contributed by atoms with Gasteiger partial charge in [-0.15, -0.1) is 0 Å². The number of nitrogen functional groups attached to an aromatic ring is 1. The molecule has 1 aromatic carbocycles. The molecule has 1 atom stereocenters. The topological polar surface area (TPSA) is 61.6 Å². The fourth-order valence-electron chi connectivity index (χ4n) is 2.67. The van der Waals surface area contributed by atoms with E-state index >= 15 is 0 Å². The average molecular weight is 311 g/mol. The Bertz CT molecular complexity index is 508. The van der Waals surface area contributed by atoms with E-state index < -0.39 is 0 Å². The van der Waals surface area contributed by atoms with E-state index in [1.54, 1.807) is 18.2 Å². The first-order chi connectivity index (χ1) is 9.95. The standard InChI is InChI=1S/C15H23ClN4O/c1-11-9-19(2)6-3-7-20(11)10-15(21)18-14-8-12(16)4-5-13(14)17/h4-5,8,11H,3,6-7,9-10,17H2,1-2H3,(H,18,21). The zero-order valence-corrected chi connectivity index (χ0v) is 13.4. The highest BCUT2D eigenvalue weighted by atomic mass is 35.5. The van der Waals surface area contributed by atoms with Crippen molar-refractivity contribution in [1.29, 1.82) is 0 Å². The van der Waals surface area contributed by atoms with E-state index in [1.807, 2.05) is 0 Å². The molecule has 0 spiro atoms. The molecule has 1 aliphatic heterocycles. The summed E-state index contributed by atoms with van der Waals surface area (Å²) in [6.07, 6.45) is 1.08. The van der Waals surface area contributed by atoms with E-state index in [1.165, 1.54) is 0 Å². The normalized spacial score (nSPS) is 21.0. The highest BCUT2D eigenvalue weighted by Gasteiger charge is 2.21. The summed E-state index contributed by atoms with van der Waals surface area (Å²) in [5.74, 6) is -0.0552. The van der Waals surface area contributed by atoms with Gasteiger partial charge in [0.05, 0.1) is 17.9 Å². The molecular weight excluding hydrogens is 288 g/mol. The minimum absolute atomic E-state index is 0.0552. The van der Waals surface area contributed by atoms with Crippen LogP contribution in [0.25, 0.3) is 0 Å². The molecule has 5 nitrogen and oxygen atoms in total. The molecule has 0 aromatic heterocycles. The van der Waals surface area contributed by atoms with Crippen molar-refractivity contribution in [3.8, 4) is 0 Å². The van der Waals surface area contributed by atoms with Crippen molar-refractivity contribution in [3.05, 3.63) is 23.2 Å². The molecule has 1 amide bonds. The first-order valence-corrected chi connectivity index (χ1v) is 7.61. The Morgan fingerprint density at radius 2 is 2.24 bits per heavy atom. The van der Waals surface area contributed by atoms with Crippen LogP contribution < -0.4 is 11.1 Å². The van der Waals surface area contributed by atoms with Crippen molar-refractivity contribution in [2.45, 2.75) is 19.4 Å². The number of carbonyl (C=O) groups excluding carboxylic acids is 1. The Kier molecular flexibility index (Phi) is 5.45. The summed E-state index contributed by atoms with van der Waals surface area (Å²) in [6, 6.07) is 5.44. The summed E-state index contributed by atoms with van der Waals surface area (Å²) < 4.78 is 0. The van der Waals surface area contributed by atoms with Gasteiger partial charge in [-0.25, -0.2) is 0 Å². The molecule has 116 valence electrons. The largest absolute Gasteiger partial charge is 0.397 e. The number of nitrogens with one attached hydrogen (secondary N) is 1. The summed E-state index contributed by atoms with van der Waals surface area (Å²) in [5.41, 5.74) is 6.95. The minimum atomic E-state index is -0.0552. The molecule has 6 heteroatoms. The number of hydrogen-bond donors (Lipinski definition) is 2. The van der Waals surface area contributed by atoms with Crippen LogP contribution >= 0.6 is 11.6 Å².